The number of carbonyl (C=O) groups excluding carboxylic acids is 1. The molecule has 0 radical (unpaired) electrons. The highest BCUT2D eigenvalue weighted by molar-refractivity contribution is 7.98. The summed E-state index contributed by atoms with van der Waals surface area (Å²) in [4.78, 5) is 18.8. The number of piperazine rings is 1. The first-order chi connectivity index (χ1) is 16.4. The van der Waals surface area contributed by atoms with Crippen LogP contribution < -0.4 is 9.64 Å². The molecular formula is C28H31ClN2O2S. The van der Waals surface area contributed by atoms with Crippen LogP contribution in [-0.4, -0.2) is 43.6 Å². The summed E-state index contributed by atoms with van der Waals surface area (Å²) >= 11 is 7.97. The number of ether oxygens (including phenoxy) is 1. The van der Waals surface area contributed by atoms with Crippen molar-refractivity contribution in [2.75, 3.05) is 37.7 Å². The molecule has 0 bridgehead atoms. The Labute approximate surface area is 211 Å². The summed E-state index contributed by atoms with van der Waals surface area (Å²) in [5, 5.41) is 0.740. The third kappa shape index (κ3) is 5.89. The SMILES string of the molecule is CCOc1ccc(C(=O)N2CCN(c3cc(Cl)ccc3C)CC2)cc1CSc1ccc(C)cc1. The monoisotopic (exact) mass is 494 g/mol. The average Bonchev–Trinajstić information content (AvgIpc) is 2.86. The highest BCUT2D eigenvalue weighted by Gasteiger charge is 2.24. The van der Waals surface area contributed by atoms with Gasteiger partial charge >= 0.3 is 0 Å². The van der Waals surface area contributed by atoms with E-state index in [4.69, 9.17) is 16.3 Å². The van der Waals surface area contributed by atoms with Gasteiger partial charge in [0.25, 0.3) is 5.91 Å². The van der Waals surface area contributed by atoms with Crippen LogP contribution in [0.4, 0.5) is 5.69 Å². The van der Waals surface area contributed by atoms with Crippen LogP contribution in [-0.2, 0) is 5.75 Å². The van der Waals surface area contributed by atoms with Gasteiger partial charge in [-0.05, 0) is 68.8 Å². The maximum atomic E-state index is 13.3. The van der Waals surface area contributed by atoms with E-state index in [2.05, 4.69) is 43.0 Å². The second kappa shape index (κ2) is 11.2. The number of nitrogens with zero attached hydrogens (tertiary/aromatic N) is 2. The molecule has 0 saturated carbocycles. The molecule has 34 heavy (non-hydrogen) atoms. The molecule has 0 N–H and O–H groups in total. The van der Waals surface area contributed by atoms with E-state index in [9.17, 15) is 4.79 Å². The van der Waals surface area contributed by atoms with E-state index >= 15 is 0 Å². The van der Waals surface area contributed by atoms with E-state index in [1.54, 1.807) is 11.8 Å². The summed E-state index contributed by atoms with van der Waals surface area (Å²) < 4.78 is 5.85. The zero-order valence-electron chi connectivity index (χ0n) is 20.0. The lowest BCUT2D eigenvalue weighted by atomic mass is 10.1. The number of carbonyl (C=O) groups is 1. The van der Waals surface area contributed by atoms with Crippen LogP contribution in [0.5, 0.6) is 5.75 Å². The molecule has 4 nitrogen and oxygen atoms in total. The van der Waals surface area contributed by atoms with Gasteiger partial charge < -0.3 is 14.5 Å². The summed E-state index contributed by atoms with van der Waals surface area (Å²) in [6.07, 6.45) is 0. The Morgan fingerprint density at radius 3 is 2.41 bits per heavy atom. The van der Waals surface area contributed by atoms with Gasteiger partial charge in [0.05, 0.1) is 6.61 Å². The molecule has 1 fully saturated rings. The molecule has 6 heteroatoms. The van der Waals surface area contributed by atoms with Crippen molar-refractivity contribution in [3.05, 3.63) is 87.9 Å². The molecule has 0 unspecified atom stereocenters. The van der Waals surface area contributed by atoms with Crippen molar-refractivity contribution in [2.45, 2.75) is 31.4 Å². The van der Waals surface area contributed by atoms with Crippen LogP contribution in [0.2, 0.25) is 5.02 Å². The first-order valence-corrected chi connectivity index (χ1v) is 13.1. The molecule has 0 aromatic heterocycles. The van der Waals surface area contributed by atoms with E-state index in [1.165, 1.54) is 16.0 Å². The van der Waals surface area contributed by atoms with Gasteiger partial charge in [0.15, 0.2) is 0 Å². The van der Waals surface area contributed by atoms with Gasteiger partial charge in [-0.25, -0.2) is 0 Å². The number of anilines is 1. The highest BCUT2D eigenvalue weighted by atomic mass is 35.5. The molecule has 4 rings (SSSR count). The Kier molecular flexibility index (Phi) is 8.07. The maximum Gasteiger partial charge on any atom is 0.253 e. The summed E-state index contributed by atoms with van der Waals surface area (Å²) in [5.41, 5.74) is 5.36. The quantitative estimate of drug-likeness (QED) is 0.346. The highest BCUT2D eigenvalue weighted by Crippen LogP contribution is 2.30. The number of amides is 1. The lowest BCUT2D eigenvalue weighted by molar-refractivity contribution is 0.0746. The molecule has 0 atom stereocenters. The van der Waals surface area contributed by atoms with Crippen LogP contribution in [0.1, 0.15) is 34.0 Å². The van der Waals surface area contributed by atoms with Gasteiger partial charge in [0.1, 0.15) is 5.75 Å². The fourth-order valence-electron chi connectivity index (χ4n) is 4.17. The molecule has 1 amide bonds. The number of thioether (sulfide) groups is 1. The largest absolute Gasteiger partial charge is 0.494 e. The second-order valence-corrected chi connectivity index (χ2v) is 10.1. The van der Waals surface area contributed by atoms with Gasteiger partial charge in [-0.3, -0.25) is 4.79 Å². The Morgan fingerprint density at radius 1 is 0.971 bits per heavy atom. The van der Waals surface area contributed by atoms with Crippen LogP contribution in [0.15, 0.2) is 65.6 Å². The van der Waals surface area contributed by atoms with Crippen LogP contribution in [0.3, 0.4) is 0 Å². The number of rotatable bonds is 7. The van der Waals surface area contributed by atoms with Gasteiger partial charge in [-0.15, -0.1) is 11.8 Å². The molecule has 0 aliphatic carbocycles. The molecule has 0 spiro atoms. The van der Waals surface area contributed by atoms with Gasteiger partial charge in [-0.2, -0.15) is 0 Å². The number of hydrogen-bond donors (Lipinski definition) is 0. The van der Waals surface area contributed by atoms with Gasteiger partial charge in [0.2, 0.25) is 0 Å². The van der Waals surface area contributed by atoms with Crippen molar-refractivity contribution >= 4 is 35.0 Å². The van der Waals surface area contributed by atoms with E-state index in [1.807, 2.05) is 48.2 Å². The molecule has 1 saturated heterocycles. The summed E-state index contributed by atoms with van der Waals surface area (Å²) in [7, 11) is 0. The number of hydrogen-bond acceptors (Lipinski definition) is 4. The molecule has 1 heterocycles. The first kappa shape index (κ1) is 24.5. The van der Waals surface area contributed by atoms with E-state index in [-0.39, 0.29) is 5.91 Å². The lowest BCUT2D eigenvalue weighted by Crippen LogP contribution is -2.49. The predicted octanol–water partition coefficient (Wildman–Crippen LogP) is 6.61. The van der Waals surface area contributed by atoms with Crippen molar-refractivity contribution in [2.24, 2.45) is 0 Å². The smallest absolute Gasteiger partial charge is 0.253 e. The Morgan fingerprint density at radius 2 is 1.71 bits per heavy atom. The van der Waals surface area contributed by atoms with Crippen molar-refractivity contribution in [3.8, 4) is 5.75 Å². The van der Waals surface area contributed by atoms with Crippen LogP contribution >= 0.6 is 23.4 Å². The number of aryl methyl sites for hydroxylation is 2. The van der Waals surface area contributed by atoms with Gasteiger partial charge in [-0.1, -0.05) is 35.4 Å². The average molecular weight is 495 g/mol. The van der Waals surface area contributed by atoms with E-state index in [0.29, 0.717) is 19.7 Å². The third-order valence-electron chi connectivity index (χ3n) is 6.10. The molecule has 3 aromatic rings. The Balaban J connectivity index is 1.44. The van der Waals surface area contributed by atoms with E-state index in [0.717, 1.165) is 46.4 Å². The standard InChI is InChI=1S/C28H31ClN2O2S/c1-4-33-27-12-8-22(17-23(27)19-34-25-10-5-20(2)6-11-25)28(32)31-15-13-30(14-16-31)26-18-24(29)9-7-21(26)3/h5-12,17-18H,4,13-16,19H2,1-3H3. The number of benzene rings is 3. The molecule has 1 aliphatic rings. The molecule has 1 aliphatic heterocycles. The van der Waals surface area contributed by atoms with Crippen molar-refractivity contribution in [1.82, 2.24) is 4.90 Å². The van der Waals surface area contributed by atoms with Crippen molar-refractivity contribution < 1.29 is 9.53 Å². The zero-order chi connectivity index (χ0) is 24.1. The fraction of sp³-hybridized carbons (Fsp3) is 0.321. The normalized spacial score (nSPS) is 13.8. The Hall–Kier alpha value is -2.63. The predicted molar refractivity (Wildman–Crippen MR) is 143 cm³/mol. The summed E-state index contributed by atoms with van der Waals surface area (Å²) in [5.74, 6) is 1.67. The molecule has 3 aromatic carbocycles. The summed E-state index contributed by atoms with van der Waals surface area (Å²) in [6.45, 7) is 9.72. The fourth-order valence-corrected chi connectivity index (χ4v) is 5.22. The van der Waals surface area contributed by atoms with E-state index < -0.39 is 0 Å². The lowest BCUT2D eigenvalue weighted by Gasteiger charge is -2.37. The zero-order valence-corrected chi connectivity index (χ0v) is 21.6. The van der Waals surface area contributed by atoms with Crippen LogP contribution in [0.25, 0.3) is 0 Å². The second-order valence-electron chi connectivity index (χ2n) is 8.57. The molecule has 178 valence electrons. The molecular weight excluding hydrogens is 464 g/mol. The van der Waals surface area contributed by atoms with Crippen molar-refractivity contribution in [3.63, 3.8) is 0 Å². The topological polar surface area (TPSA) is 32.8 Å². The minimum Gasteiger partial charge on any atom is -0.494 e. The summed E-state index contributed by atoms with van der Waals surface area (Å²) in [6, 6.07) is 20.3. The maximum absolute atomic E-state index is 13.3. The minimum absolute atomic E-state index is 0.0760. The third-order valence-corrected chi connectivity index (χ3v) is 7.40. The first-order valence-electron chi connectivity index (χ1n) is 11.7. The number of halogens is 1. The Bertz CT molecular complexity index is 1140. The van der Waals surface area contributed by atoms with Crippen LogP contribution in [0, 0.1) is 13.8 Å². The van der Waals surface area contributed by atoms with Gasteiger partial charge in [0, 0.05) is 58.7 Å². The minimum atomic E-state index is 0.0760. The van der Waals surface area contributed by atoms with Crippen molar-refractivity contribution in [1.29, 1.82) is 0 Å².